The fraction of sp³-hybridized carbons (Fsp3) is 0.625. The van der Waals surface area contributed by atoms with Gasteiger partial charge < -0.3 is 4.90 Å². The summed E-state index contributed by atoms with van der Waals surface area (Å²) >= 11 is 5.83. The van der Waals surface area contributed by atoms with Crippen LogP contribution in [0.4, 0.5) is 5.95 Å². The van der Waals surface area contributed by atoms with Crippen LogP contribution in [0, 0.1) is 6.92 Å². The standard InChI is InChI=1S/C8H15N6P3S/c1-6-7(15-13(4)9-6)17(5,18)14-10-8(11-16-14)12(2)3/h1-5H3. The number of nitrogens with zero attached hydrogens (tertiary/aromatic N) is 6. The summed E-state index contributed by atoms with van der Waals surface area (Å²) in [5.41, 5.74) is 1.02. The minimum absolute atomic E-state index is 0.728. The SMILES string of the molecule is Cc1nn(C)pc1P(C)(=S)n1nc(N(C)C)np1. The van der Waals surface area contributed by atoms with E-state index in [4.69, 9.17) is 11.8 Å². The molecule has 6 nitrogen and oxygen atoms in total. The van der Waals surface area contributed by atoms with Crippen molar-refractivity contribution in [2.75, 3.05) is 25.7 Å². The van der Waals surface area contributed by atoms with Crippen LogP contribution in [-0.4, -0.2) is 44.4 Å². The Morgan fingerprint density at radius 2 is 2.00 bits per heavy atom. The quantitative estimate of drug-likeness (QED) is 0.807. The van der Waals surface area contributed by atoms with Crippen LogP contribution in [0.5, 0.6) is 0 Å². The van der Waals surface area contributed by atoms with E-state index in [1.54, 1.807) is 0 Å². The van der Waals surface area contributed by atoms with Crippen molar-refractivity contribution in [3.05, 3.63) is 5.69 Å². The lowest BCUT2D eigenvalue weighted by atomic mass is 10.6. The molecule has 0 aliphatic rings. The zero-order chi connectivity index (χ0) is 13.5. The number of aryl methyl sites for hydroxylation is 2. The molecule has 2 rings (SSSR count). The van der Waals surface area contributed by atoms with Crippen molar-refractivity contribution in [3.8, 4) is 0 Å². The Labute approximate surface area is 115 Å². The van der Waals surface area contributed by atoms with E-state index in [1.165, 1.54) is 5.04 Å². The molecule has 0 bridgehead atoms. The van der Waals surface area contributed by atoms with E-state index in [-0.39, 0.29) is 0 Å². The number of aromatic nitrogens is 5. The number of hydrogen-bond acceptors (Lipinski definition) is 5. The fourth-order valence-corrected chi connectivity index (χ4v) is 7.35. The highest BCUT2D eigenvalue weighted by molar-refractivity contribution is 8.19. The Kier molecular flexibility index (Phi) is 3.89. The Bertz CT molecular complexity index is 618. The van der Waals surface area contributed by atoms with Crippen LogP contribution in [-0.2, 0) is 18.9 Å². The van der Waals surface area contributed by atoms with Gasteiger partial charge in [-0.1, -0.05) is 11.8 Å². The molecule has 18 heavy (non-hydrogen) atoms. The van der Waals surface area contributed by atoms with Gasteiger partial charge in [0.15, 0.2) is 8.51 Å². The molecular formula is C8H15N6P3S. The Morgan fingerprint density at radius 1 is 1.33 bits per heavy atom. The molecule has 98 valence electrons. The maximum absolute atomic E-state index is 5.83. The number of rotatable bonds is 3. The highest BCUT2D eigenvalue weighted by Crippen LogP contribution is 2.47. The van der Waals surface area contributed by atoms with Crippen LogP contribution in [0.25, 0.3) is 0 Å². The van der Waals surface area contributed by atoms with Gasteiger partial charge in [0.1, 0.15) is 0 Å². The molecule has 0 N–H and O–H groups in total. The summed E-state index contributed by atoms with van der Waals surface area (Å²) in [6.45, 7) is 4.10. The van der Waals surface area contributed by atoms with E-state index in [9.17, 15) is 0 Å². The van der Waals surface area contributed by atoms with Crippen LogP contribution in [0.15, 0.2) is 0 Å². The van der Waals surface area contributed by atoms with E-state index in [0.717, 1.165) is 28.5 Å². The molecule has 2 aromatic heterocycles. The van der Waals surface area contributed by atoms with Gasteiger partial charge in [-0.25, -0.2) is 4.44 Å². The van der Waals surface area contributed by atoms with Crippen molar-refractivity contribution in [2.45, 2.75) is 6.92 Å². The minimum atomic E-state index is -1.88. The minimum Gasteiger partial charge on any atom is -0.345 e. The third-order valence-corrected chi connectivity index (χ3v) is 10.2. The van der Waals surface area contributed by atoms with E-state index in [0.29, 0.717) is 0 Å². The fourth-order valence-electron chi connectivity index (χ4n) is 1.50. The van der Waals surface area contributed by atoms with Gasteiger partial charge in [0.2, 0.25) is 5.95 Å². The zero-order valence-electron chi connectivity index (χ0n) is 10.9. The first-order valence-electron chi connectivity index (χ1n) is 5.26. The summed E-state index contributed by atoms with van der Waals surface area (Å²) in [5, 5.41) is 10.1. The lowest BCUT2D eigenvalue weighted by Gasteiger charge is -2.14. The van der Waals surface area contributed by atoms with Crippen LogP contribution in [0.3, 0.4) is 0 Å². The molecule has 0 radical (unpaired) electrons. The van der Waals surface area contributed by atoms with Crippen LogP contribution >= 0.6 is 23.0 Å². The third kappa shape index (κ3) is 2.50. The maximum atomic E-state index is 5.83. The summed E-state index contributed by atoms with van der Waals surface area (Å²) in [4.78, 5) is 1.90. The van der Waals surface area contributed by atoms with Crippen LogP contribution in [0.2, 0.25) is 0 Å². The van der Waals surface area contributed by atoms with Crippen molar-refractivity contribution in [3.63, 3.8) is 0 Å². The van der Waals surface area contributed by atoms with Gasteiger partial charge in [0.05, 0.1) is 16.9 Å². The lowest BCUT2D eigenvalue weighted by Crippen LogP contribution is -2.12. The topological polar surface area (TPSA) is 51.8 Å². The number of anilines is 1. The van der Waals surface area contributed by atoms with Gasteiger partial charge >= 0.3 is 0 Å². The second-order valence-electron chi connectivity index (χ2n) is 4.23. The molecule has 0 aliphatic heterocycles. The molecule has 2 heterocycles. The predicted molar refractivity (Wildman–Crippen MR) is 82.6 cm³/mol. The Balaban J connectivity index is 2.47. The average Bonchev–Trinajstić information content (AvgIpc) is 2.85. The van der Waals surface area contributed by atoms with Gasteiger partial charge in [0.25, 0.3) is 0 Å². The van der Waals surface area contributed by atoms with Gasteiger partial charge in [0, 0.05) is 29.5 Å². The van der Waals surface area contributed by atoms with Gasteiger partial charge in [-0.15, -0.1) is 5.10 Å². The molecule has 0 aliphatic carbocycles. The maximum Gasteiger partial charge on any atom is 0.248 e. The normalized spacial score (nSPS) is 15.4. The smallest absolute Gasteiger partial charge is 0.248 e. The largest absolute Gasteiger partial charge is 0.345 e. The second-order valence-corrected chi connectivity index (χ2v) is 11.6. The molecule has 0 saturated heterocycles. The van der Waals surface area contributed by atoms with Crippen molar-refractivity contribution >= 4 is 45.8 Å². The van der Waals surface area contributed by atoms with Gasteiger partial charge in [-0.2, -0.15) is 14.1 Å². The second kappa shape index (κ2) is 4.97. The Hall–Kier alpha value is -0.340. The summed E-state index contributed by atoms with van der Waals surface area (Å²) in [6, 6.07) is 0. The van der Waals surface area contributed by atoms with Crippen molar-refractivity contribution in [1.29, 1.82) is 0 Å². The highest BCUT2D eigenvalue weighted by atomic mass is 32.4. The summed E-state index contributed by atoms with van der Waals surface area (Å²) in [6.07, 6.45) is -1.88. The molecule has 0 spiro atoms. The highest BCUT2D eigenvalue weighted by Gasteiger charge is 2.24. The molecular weight excluding hydrogens is 305 g/mol. The monoisotopic (exact) mass is 320 g/mol. The summed E-state index contributed by atoms with van der Waals surface area (Å²) in [7, 11) is 7.70. The molecule has 0 saturated carbocycles. The van der Waals surface area contributed by atoms with E-state index in [2.05, 4.69) is 21.6 Å². The summed E-state index contributed by atoms with van der Waals surface area (Å²) < 4.78 is 8.19. The number of hydrogen-bond donors (Lipinski definition) is 0. The molecule has 1 unspecified atom stereocenters. The predicted octanol–water partition coefficient (Wildman–Crippen LogP) is 1.74. The Morgan fingerprint density at radius 3 is 2.44 bits per heavy atom. The van der Waals surface area contributed by atoms with Crippen molar-refractivity contribution < 1.29 is 0 Å². The average molecular weight is 320 g/mol. The van der Waals surface area contributed by atoms with Crippen molar-refractivity contribution in [2.24, 2.45) is 7.05 Å². The first-order valence-corrected chi connectivity index (χ1v) is 10.1. The first-order chi connectivity index (χ1) is 8.32. The molecule has 0 fully saturated rings. The molecule has 10 heteroatoms. The molecule has 0 amide bonds. The first kappa shape index (κ1) is 14.1. The third-order valence-electron chi connectivity index (χ3n) is 2.39. The van der Waals surface area contributed by atoms with Crippen molar-refractivity contribution in [1.82, 2.24) is 23.6 Å². The van der Waals surface area contributed by atoms with E-state index < -0.39 is 6.19 Å². The summed E-state index contributed by atoms with van der Waals surface area (Å²) in [5.74, 6) is 0.728. The molecule has 1 atom stereocenters. The van der Waals surface area contributed by atoms with E-state index >= 15 is 0 Å². The molecule has 0 aromatic carbocycles. The molecule has 2 aromatic rings. The lowest BCUT2D eigenvalue weighted by molar-refractivity contribution is 0.825. The van der Waals surface area contributed by atoms with Gasteiger partial charge in [-0.3, -0.25) is 0 Å². The van der Waals surface area contributed by atoms with E-state index in [1.807, 2.05) is 41.6 Å². The van der Waals surface area contributed by atoms with Crippen LogP contribution < -0.4 is 9.94 Å². The van der Waals surface area contributed by atoms with Crippen LogP contribution in [0.1, 0.15) is 5.69 Å². The van der Waals surface area contributed by atoms with Gasteiger partial charge in [-0.05, 0) is 13.6 Å². The zero-order valence-corrected chi connectivity index (χ0v) is 14.4.